The first-order valence-corrected chi connectivity index (χ1v) is 10.5. The van der Waals surface area contributed by atoms with Gasteiger partial charge in [-0.25, -0.2) is 4.99 Å². The quantitative estimate of drug-likeness (QED) is 0.499. The van der Waals surface area contributed by atoms with E-state index in [1.807, 2.05) is 24.4 Å². The van der Waals surface area contributed by atoms with Gasteiger partial charge in [-0.15, -0.1) is 6.42 Å². The number of pyridine rings is 1. The third kappa shape index (κ3) is 2.11. The molecule has 4 unspecified atom stereocenters. The molecule has 0 radical (unpaired) electrons. The number of hydrogen-bond donors (Lipinski definition) is 4. The van der Waals surface area contributed by atoms with Gasteiger partial charge in [0.15, 0.2) is 0 Å². The monoisotopic (exact) mass is 396 g/mol. The standard InChI is InChI=1S/C24H24N6/c1-2-17-20(16-10-15-5-3-4-6-18(15)27-12-16)21-22(30-17)28-13-29-24(21,26)23-8-7-14(11-23)9-19(23)25/h1,3-6,10,12-14,19,30H,7-9,11,25-26H2,(H,28,29). The van der Waals surface area contributed by atoms with E-state index in [0.717, 1.165) is 59.1 Å². The van der Waals surface area contributed by atoms with Crippen LogP contribution in [0.2, 0.25) is 0 Å². The summed E-state index contributed by atoms with van der Waals surface area (Å²) in [6.07, 6.45) is 13.6. The number of aromatic amines is 1. The first-order chi connectivity index (χ1) is 14.6. The van der Waals surface area contributed by atoms with E-state index < -0.39 is 5.66 Å². The molecule has 30 heavy (non-hydrogen) atoms. The molecule has 2 aromatic heterocycles. The number of aliphatic imine (C=N–C) groups is 1. The number of nitrogens with zero attached hydrogens (tertiary/aromatic N) is 2. The normalized spacial score (nSPS) is 31.5. The van der Waals surface area contributed by atoms with Crippen LogP contribution in [0.1, 0.15) is 36.9 Å². The SMILES string of the molecule is C#Cc1[nH]c2c(c1-c1cnc3ccccc3c1)C(N)(C13CCC(CC1N)C3)N=CN2. The maximum absolute atomic E-state index is 7.23. The first kappa shape index (κ1) is 17.7. The van der Waals surface area contributed by atoms with E-state index in [1.165, 1.54) is 0 Å². The molecule has 6 nitrogen and oxygen atoms in total. The van der Waals surface area contributed by atoms with E-state index in [0.29, 0.717) is 11.6 Å². The van der Waals surface area contributed by atoms with Crippen molar-refractivity contribution in [2.24, 2.45) is 27.8 Å². The summed E-state index contributed by atoms with van der Waals surface area (Å²) in [4.78, 5) is 12.9. The molecule has 6 rings (SSSR count). The fraction of sp³-hybridized carbons (Fsp3) is 0.333. The van der Waals surface area contributed by atoms with Crippen molar-refractivity contribution >= 4 is 23.1 Å². The third-order valence-electron chi connectivity index (χ3n) is 7.59. The predicted molar refractivity (Wildman–Crippen MR) is 120 cm³/mol. The molecule has 3 aromatic rings. The van der Waals surface area contributed by atoms with Crippen molar-refractivity contribution in [2.45, 2.75) is 37.4 Å². The van der Waals surface area contributed by atoms with Crippen molar-refractivity contribution in [1.82, 2.24) is 9.97 Å². The lowest BCUT2D eigenvalue weighted by Gasteiger charge is -2.47. The van der Waals surface area contributed by atoms with Gasteiger partial charge in [0.2, 0.25) is 0 Å². The molecule has 2 aliphatic carbocycles. The van der Waals surface area contributed by atoms with Crippen LogP contribution in [0.3, 0.4) is 0 Å². The number of benzene rings is 1. The molecule has 2 saturated carbocycles. The third-order valence-corrected chi connectivity index (χ3v) is 7.59. The molecule has 150 valence electrons. The van der Waals surface area contributed by atoms with Crippen molar-refractivity contribution in [1.29, 1.82) is 0 Å². The molecule has 3 heterocycles. The van der Waals surface area contributed by atoms with Crippen LogP contribution in [-0.4, -0.2) is 22.3 Å². The van der Waals surface area contributed by atoms with E-state index in [1.54, 1.807) is 6.34 Å². The highest BCUT2D eigenvalue weighted by Gasteiger charge is 2.63. The lowest BCUT2D eigenvalue weighted by atomic mass is 9.66. The summed E-state index contributed by atoms with van der Waals surface area (Å²) in [5.41, 5.74) is 17.1. The molecule has 6 heteroatoms. The maximum Gasteiger partial charge on any atom is 0.146 e. The Bertz CT molecular complexity index is 1250. The zero-order chi connectivity index (χ0) is 20.5. The largest absolute Gasteiger partial charge is 0.334 e. The molecule has 2 fully saturated rings. The van der Waals surface area contributed by atoms with Crippen molar-refractivity contribution in [3.05, 3.63) is 47.8 Å². The van der Waals surface area contributed by atoms with Gasteiger partial charge in [-0.2, -0.15) is 0 Å². The van der Waals surface area contributed by atoms with Gasteiger partial charge in [-0.05, 0) is 43.7 Å². The summed E-state index contributed by atoms with van der Waals surface area (Å²) in [7, 11) is 0. The summed E-state index contributed by atoms with van der Waals surface area (Å²) < 4.78 is 0. The van der Waals surface area contributed by atoms with Crippen molar-refractivity contribution < 1.29 is 0 Å². The van der Waals surface area contributed by atoms with Gasteiger partial charge in [0.25, 0.3) is 0 Å². The van der Waals surface area contributed by atoms with Crippen LogP contribution < -0.4 is 16.8 Å². The van der Waals surface area contributed by atoms with E-state index in [4.69, 9.17) is 22.9 Å². The number of terminal acetylenes is 1. The van der Waals surface area contributed by atoms with Crippen LogP contribution in [-0.2, 0) is 5.66 Å². The van der Waals surface area contributed by atoms with Gasteiger partial charge >= 0.3 is 0 Å². The topological polar surface area (TPSA) is 105 Å². The van der Waals surface area contributed by atoms with Crippen LogP contribution in [0.15, 0.2) is 41.5 Å². The Hall–Kier alpha value is -3.14. The minimum atomic E-state index is -0.940. The molecule has 3 aliphatic rings. The number of rotatable bonds is 2. The number of para-hydroxylation sites is 1. The van der Waals surface area contributed by atoms with Gasteiger partial charge < -0.3 is 21.8 Å². The van der Waals surface area contributed by atoms with Gasteiger partial charge in [-0.1, -0.05) is 24.1 Å². The van der Waals surface area contributed by atoms with Crippen LogP contribution in [0.5, 0.6) is 0 Å². The fourth-order valence-corrected chi connectivity index (χ4v) is 6.17. The zero-order valence-electron chi connectivity index (χ0n) is 16.7. The second-order valence-electron chi connectivity index (χ2n) is 8.96. The van der Waals surface area contributed by atoms with Crippen molar-refractivity contribution in [3.8, 4) is 23.5 Å². The van der Waals surface area contributed by atoms with E-state index in [9.17, 15) is 0 Å². The van der Waals surface area contributed by atoms with Crippen LogP contribution in [0, 0.1) is 23.7 Å². The molecule has 1 aromatic carbocycles. The summed E-state index contributed by atoms with van der Waals surface area (Å²) in [5.74, 6) is 4.25. The van der Waals surface area contributed by atoms with Crippen molar-refractivity contribution in [2.75, 3.05) is 5.32 Å². The van der Waals surface area contributed by atoms with Crippen molar-refractivity contribution in [3.63, 3.8) is 0 Å². The summed E-state index contributed by atoms with van der Waals surface area (Å²) in [5, 5.41) is 4.28. The van der Waals surface area contributed by atoms with Crippen LogP contribution in [0.4, 0.5) is 5.82 Å². The number of anilines is 1. The number of nitrogens with one attached hydrogen (secondary N) is 2. The second-order valence-corrected chi connectivity index (χ2v) is 8.96. The molecule has 0 saturated heterocycles. The summed E-state index contributed by atoms with van der Waals surface area (Å²) in [6, 6.07) is 10.2. The number of nitrogens with two attached hydrogens (primary N) is 2. The Morgan fingerprint density at radius 3 is 2.90 bits per heavy atom. The van der Waals surface area contributed by atoms with E-state index in [2.05, 4.69) is 33.3 Å². The molecule has 0 spiro atoms. The predicted octanol–water partition coefficient (Wildman–Crippen LogP) is 3.29. The number of hydrogen-bond acceptors (Lipinski definition) is 5. The zero-order valence-corrected chi connectivity index (χ0v) is 16.7. The molecule has 2 bridgehead atoms. The van der Waals surface area contributed by atoms with Crippen LogP contribution >= 0.6 is 0 Å². The molecule has 1 aliphatic heterocycles. The Labute approximate surface area is 175 Å². The number of aromatic nitrogens is 2. The maximum atomic E-state index is 7.23. The molecule has 0 amide bonds. The Balaban J connectivity index is 1.62. The highest BCUT2D eigenvalue weighted by molar-refractivity contribution is 5.91. The van der Waals surface area contributed by atoms with Crippen LogP contribution in [0.25, 0.3) is 22.0 Å². The highest BCUT2D eigenvalue weighted by Crippen LogP contribution is 2.63. The lowest BCUT2D eigenvalue weighted by molar-refractivity contribution is 0.110. The Morgan fingerprint density at radius 1 is 1.27 bits per heavy atom. The molecular weight excluding hydrogens is 372 g/mol. The van der Waals surface area contributed by atoms with Gasteiger partial charge in [0, 0.05) is 39.7 Å². The number of fused-ring (bicyclic) bond motifs is 4. The average Bonchev–Trinajstić information content (AvgIpc) is 3.45. The minimum absolute atomic E-state index is 0.0242. The second kappa shape index (κ2) is 5.94. The lowest BCUT2D eigenvalue weighted by Crippen LogP contribution is -2.58. The smallest absolute Gasteiger partial charge is 0.146 e. The average molecular weight is 396 g/mol. The number of H-pyrrole nitrogens is 1. The Morgan fingerprint density at radius 2 is 2.13 bits per heavy atom. The van der Waals surface area contributed by atoms with E-state index in [-0.39, 0.29) is 11.5 Å². The summed E-state index contributed by atoms with van der Waals surface area (Å²) >= 11 is 0. The van der Waals surface area contributed by atoms with Gasteiger partial charge in [0.1, 0.15) is 11.5 Å². The molecule has 4 atom stereocenters. The Kier molecular flexibility index (Phi) is 3.51. The van der Waals surface area contributed by atoms with E-state index >= 15 is 0 Å². The highest BCUT2D eigenvalue weighted by atomic mass is 15.2. The van der Waals surface area contributed by atoms with Gasteiger partial charge in [-0.3, -0.25) is 4.98 Å². The fourth-order valence-electron chi connectivity index (χ4n) is 6.17. The van der Waals surface area contributed by atoms with Gasteiger partial charge in [0.05, 0.1) is 17.5 Å². The summed E-state index contributed by atoms with van der Waals surface area (Å²) in [6.45, 7) is 0. The molecule has 6 N–H and O–H groups in total. The molecular formula is C24H24N6. The minimum Gasteiger partial charge on any atom is -0.334 e. The first-order valence-electron chi connectivity index (χ1n) is 10.5.